The molecule has 3 nitrogen and oxygen atoms in total. The normalized spacial score (nSPS) is 11.3. The molecular weight excluding hydrogens is 280 g/mol. The lowest BCUT2D eigenvalue weighted by Crippen LogP contribution is -2.44. The van der Waals surface area contributed by atoms with Gasteiger partial charge in [0.25, 0.3) is 0 Å². The van der Waals surface area contributed by atoms with Gasteiger partial charge in [-0.25, -0.2) is 0 Å². The summed E-state index contributed by atoms with van der Waals surface area (Å²) < 4.78 is 5.63. The van der Waals surface area contributed by atoms with Crippen molar-refractivity contribution in [2.45, 2.75) is 53.7 Å². The number of hydrogen-bond acceptors (Lipinski definition) is 2. The van der Waals surface area contributed by atoms with Gasteiger partial charge in [0.05, 0.1) is 6.10 Å². The van der Waals surface area contributed by atoms with Gasteiger partial charge in [0, 0.05) is 11.7 Å². The Bertz CT molecular complexity index is 433. The van der Waals surface area contributed by atoms with Crippen LogP contribution in [0.15, 0.2) is 24.3 Å². The number of nitrogens with one attached hydrogen (secondary N) is 2. The maximum Gasteiger partial charge on any atom is 0.171 e. The van der Waals surface area contributed by atoms with Crippen LogP contribution in [0.4, 0.5) is 5.69 Å². The highest BCUT2D eigenvalue weighted by Gasteiger charge is 2.18. The zero-order chi connectivity index (χ0) is 16.0. The lowest BCUT2D eigenvalue weighted by molar-refractivity contribution is 0.242. The molecule has 0 aromatic heterocycles. The molecule has 0 unspecified atom stereocenters. The standard InChI is InChI=1S/C17H28N2OS/c1-11(2)16(12(3)4)19-17(21)18-14-7-9-15(10-8-14)20-13(5)6/h7-13,16H,1-6H3,(H2,18,19,21). The van der Waals surface area contributed by atoms with Gasteiger partial charge in [0.15, 0.2) is 5.11 Å². The number of rotatable bonds is 6. The fourth-order valence-electron chi connectivity index (χ4n) is 2.31. The van der Waals surface area contributed by atoms with E-state index in [1.807, 2.05) is 38.1 Å². The molecule has 4 heteroatoms. The number of benzene rings is 1. The van der Waals surface area contributed by atoms with Crippen LogP contribution in [0, 0.1) is 11.8 Å². The SMILES string of the molecule is CC(C)Oc1ccc(NC(=S)NC(C(C)C)C(C)C)cc1. The molecule has 0 saturated heterocycles. The van der Waals surface area contributed by atoms with Crippen LogP contribution in [0.25, 0.3) is 0 Å². The average Bonchev–Trinajstić information content (AvgIpc) is 2.37. The third-order valence-corrected chi connectivity index (χ3v) is 3.44. The molecule has 0 radical (unpaired) electrons. The topological polar surface area (TPSA) is 33.3 Å². The van der Waals surface area contributed by atoms with Crippen molar-refractivity contribution in [3.8, 4) is 5.75 Å². The quantitative estimate of drug-likeness (QED) is 0.761. The van der Waals surface area contributed by atoms with E-state index in [1.165, 1.54) is 0 Å². The van der Waals surface area contributed by atoms with Crippen molar-refractivity contribution >= 4 is 23.0 Å². The summed E-state index contributed by atoms with van der Waals surface area (Å²) in [6.45, 7) is 12.9. The molecule has 1 aromatic carbocycles. The first-order chi connectivity index (χ1) is 9.79. The summed E-state index contributed by atoms with van der Waals surface area (Å²) in [5.41, 5.74) is 0.967. The maximum atomic E-state index is 5.63. The van der Waals surface area contributed by atoms with Crippen LogP contribution in [0.1, 0.15) is 41.5 Å². The fourth-order valence-corrected chi connectivity index (χ4v) is 2.56. The second-order valence-corrected chi connectivity index (χ2v) is 6.71. The van der Waals surface area contributed by atoms with Crippen LogP contribution in [0.2, 0.25) is 0 Å². The first kappa shape index (κ1) is 17.8. The highest BCUT2D eigenvalue weighted by atomic mass is 32.1. The molecule has 0 heterocycles. The van der Waals surface area contributed by atoms with Crippen LogP contribution in [0.5, 0.6) is 5.75 Å². The Labute approximate surface area is 134 Å². The van der Waals surface area contributed by atoms with Crippen LogP contribution in [0.3, 0.4) is 0 Å². The van der Waals surface area contributed by atoms with Crippen molar-refractivity contribution in [3.05, 3.63) is 24.3 Å². The summed E-state index contributed by atoms with van der Waals surface area (Å²) in [5, 5.41) is 7.29. The van der Waals surface area contributed by atoms with Crippen molar-refractivity contribution in [2.75, 3.05) is 5.32 Å². The number of thiocarbonyl (C=S) groups is 1. The van der Waals surface area contributed by atoms with E-state index in [9.17, 15) is 0 Å². The predicted molar refractivity (Wildman–Crippen MR) is 95.0 cm³/mol. The van der Waals surface area contributed by atoms with E-state index in [4.69, 9.17) is 17.0 Å². The summed E-state index contributed by atoms with van der Waals surface area (Å²) in [6.07, 6.45) is 0.185. The van der Waals surface area contributed by atoms with Gasteiger partial charge >= 0.3 is 0 Å². The molecule has 0 bridgehead atoms. The molecule has 1 rings (SSSR count). The minimum absolute atomic E-state index is 0.185. The van der Waals surface area contributed by atoms with E-state index in [2.05, 4.69) is 38.3 Å². The van der Waals surface area contributed by atoms with Crippen molar-refractivity contribution in [3.63, 3.8) is 0 Å². The van der Waals surface area contributed by atoms with E-state index in [1.54, 1.807) is 0 Å². The van der Waals surface area contributed by atoms with E-state index >= 15 is 0 Å². The fraction of sp³-hybridized carbons (Fsp3) is 0.588. The molecule has 0 saturated carbocycles. The van der Waals surface area contributed by atoms with E-state index in [-0.39, 0.29) is 6.10 Å². The third-order valence-electron chi connectivity index (χ3n) is 3.22. The first-order valence-electron chi connectivity index (χ1n) is 7.63. The summed E-state index contributed by atoms with van der Waals surface area (Å²) in [5.74, 6) is 1.94. The second-order valence-electron chi connectivity index (χ2n) is 6.30. The monoisotopic (exact) mass is 308 g/mol. The number of ether oxygens (including phenoxy) is 1. The van der Waals surface area contributed by atoms with Gasteiger partial charge in [0.2, 0.25) is 0 Å². The van der Waals surface area contributed by atoms with E-state index in [0.29, 0.717) is 23.0 Å². The predicted octanol–water partition coefficient (Wildman–Crippen LogP) is 4.44. The van der Waals surface area contributed by atoms with Gasteiger partial charge < -0.3 is 15.4 Å². The molecule has 0 aliphatic heterocycles. The van der Waals surface area contributed by atoms with Crippen molar-refractivity contribution in [1.29, 1.82) is 0 Å². The average molecular weight is 308 g/mol. The van der Waals surface area contributed by atoms with Gasteiger partial charge in [-0.05, 0) is 62.2 Å². The lowest BCUT2D eigenvalue weighted by atomic mass is 9.93. The lowest BCUT2D eigenvalue weighted by Gasteiger charge is -2.27. The zero-order valence-electron chi connectivity index (χ0n) is 13.9. The van der Waals surface area contributed by atoms with Crippen LogP contribution in [-0.4, -0.2) is 17.3 Å². The molecule has 0 aliphatic carbocycles. The Morgan fingerprint density at radius 1 is 0.952 bits per heavy atom. The molecular formula is C17H28N2OS. The summed E-state index contributed by atoms with van der Waals surface area (Å²) >= 11 is 5.40. The molecule has 0 amide bonds. The minimum Gasteiger partial charge on any atom is -0.491 e. The van der Waals surface area contributed by atoms with Gasteiger partial charge in [-0.2, -0.15) is 0 Å². The molecule has 0 spiro atoms. The highest BCUT2D eigenvalue weighted by molar-refractivity contribution is 7.80. The Balaban J connectivity index is 2.58. The second kappa shape index (κ2) is 8.23. The highest BCUT2D eigenvalue weighted by Crippen LogP contribution is 2.17. The Hall–Kier alpha value is -1.29. The summed E-state index contributed by atoms with van der Waals surface area (Å²) in [4.78, 5) is 0. The number of anilines is 1. The maximum absolute atomic E-state index is 5.63. The molecule has 1 aromatic rings. The van der Waals surface area contributed by atoms with Crippen LogP contribution < -0.4 is 15.4 Å². The number of hydrogen-bond donors (Lipinski definition) is 2. The molecule has 0 atom stereocenters. The molecule has 2 N–H and O–H groups in total. The van der Waals surface area contributed by atoms with Crippen molar-refractivity contribution in [2.24, 2.45) is 11.8 Å². The zero-order valence-corrected chi connectivity index (χ0v) is 14.8. The minimum atomic E-state index is 0.185. The third kappa shape index (κ3) is 6.34. The van der Waals surface area contributed by atoms with Gasteiger partial charge in [-0.3, -0.25) is 0 Å². The van der Waals surface area contributed by atoms with Gasteiger partial charge in [-0.1, -0.05) is 27.7 Å². The molecule has 0 aliphatic rings. The molecule has 21 heavy (non-hydrogen) atoms. The van der Waals surface area contributed by atoms with Crippen LogP contribution >= 0.6 is 12.2 Å². The summed E-state index contributed by atoms with van der Waals surface area (Å²) in [7, 11) is 0. The van der Waals surface area contributed by atoms with Crippen molar-refractivity contribution in [1.82, 2.24) is 5.32 Å². The largest absolute Gasteiger partial charge is 0.491 e. The Morgan fingerprint density at radius 2 is 1.48 bits per heavy atom. The smallest absolute Gasteiger partial charge is 0.171 e. The van der Waals surface area contributed by atoms with Crippen LogP contribution in [-0.2, 0) is 0 Å². The van der Waals surface area contributed by atoms with E-state index in [0.717, 1.165) is 11.4 Å². The Kier molecular flexibility index (Phi) is 6.96. The van der Waals surface area contributed by atoms with E-state index < -0.39 is 0 Å². The molecule has 0 fully saturated rings. The summed E-state index contributed by atoms with van der Waals surface area (Å²) in [6, 6.07) is 8.23. The van der Waals surface area contributed by atoms with Gasteiger partial charge in [0.1, 0.15) is 5.75 Å². The van der Waals surface area contributed by atoms with Crippen molar-refractivity contribution < 1.29 is 4.74 Å². The Morgan fingerprint density at radius 3 is 1.90 bits per heavy atom. The molecule has 118 valence electrons. The first-order valence-corrected chi connectivity index (χ1v) is 8.04. The van der Waals surface area contributed by atoms with Gasteiger partial charge in [-0.15, -0.1) is 0 Å².